The number of urea groups is 1. The Morgan fingerprint density at radius 1 is 1.22 bits per heavy atom. The van der Waals surface area contributed by atoms with Crippen LogP contribution in [0.5, 0.6) is 0 Å². The molecule has 0 aromatic carbocycles. The molecule has 4 heteroatoms. The van der Waals surface area contributed by atoms with Gasteiger partial charge in [-0.25, -0.2) is 4.79 Å². The molecule has 1 saturated heterocycles. The van der Waals surface area contributed by atoms with Gasteiger partial charge in [-0.2, -0.15) is 0 Å². The highest BCUT2D eigenvalue weighted by atomic mass is 16.5. The van der Waals surface area contributed by atoms with Gasteiger partial charge in [0.15, 0.2) is 0 Å². The van der Waals surface area contributed by atoms with Gasteiger partial charge in [-0.3, -0.25) is 0 Å². The highest BCUT2D eigenvalue weighted by molar-refractivity contribution is 5.74. The summed E-state index contributed by atoms with van der Waals surface area (Å²) >= 11 is 0. The van der Waals surface area contributed by atoms with Gasteiger partial charge in [-0.05, 0) is 31.6 Å². The Bertz CT molecular complexity index is 265. The molecule has 0 bridgehead atoms. The number of likely N-dealkylation sites (tertiary alicyclic amines) is 1. The fourth-order valence-corrected chi connectivity index (χ4v) is 2.93. The van der Waals surface area contributed by atoms with Crippen LogP contribution in [0.1, 0.15) is 45.4 Å². The molecule has 18 heavy (non-hydrogen) atoms. The number of hydrogen-bond acceptors (Lipinski definition) is 2. The summed E-state index contributed by atoms with van der Waals surface area (Å²) in [6.07, 6.45) is 7.78. The molecule has 1 aliphatic carbocycles. The second-order valence-corrected chi connectivity index (χ2v) is 5.60. The summed E-state index contributed by atoms with van der Waals surface area (Å²) < 4.78 is 5.88. The van der Waals surface area contributed by atoms with E-state index in [4.69, 9.17) is 4.74 Å². The van der Waals surface area contributed by atoms with E-state index < -0.39 is 0 Å². The van der Waals surface area contributed by atoms with Crippen LogP contribution in [0, 0.1) is 5.92 Å². The lowest BCUT2D eigenvalue weighted by atomic mass is 9.88. The van der Waals surface area contributed by atoms with Crippen LogP contribution >= 0.6 is 0 Å². The third-order valence-electron chi connectivity index (χ3n) is 4.14. The number of hydrogen-bond donors (Lipinski definition) is 1. The maximum atomic E-state index is 11.7. The quantitative estimate of drug-likeness (QED) is 0.783. The van der Waals surface area contributed by atoms with E-state index in [9.17, 15) is 4.79 Å². The van der Waals surface area contributed by atoms with Crippen LogP contribution in [0.3, 0.4) is 0 Å². The Hall–Kier alpha value is -0.770. The molecule has 0 spiro atoms. The van der Waals surface area contributed by atoms with Gasteiger partial charge in [0.25, 0.3) is 0 Å². The first kappa shape index (κ1) is 13.7. The summed E-state index contributed by atoms with van der Waals surface area (Å²) in [5, 5.41) is 2.94. The van der Waals surface area contributed by atoms with E-state index in [1.165, 1.54) is 25.7 Å². The molecule has 0 radical (unpaired) electrons. The first-order chi connectivity index (χ1) is 8.77. The second kappa shape index (κ2) is 6.98. The fraction of sp³-hybridized carbons (Fsp3) is 0.929. The van der Waals surface area contributed by atoms with Crippen molar-refractivity contribution < 1.29 is 9.53 Å². The number of rotatable bonds is 4. The summed E-state index contributed by atoms with van der Waals surface area (Å²) in [5.74, 6) is 0.674. The Labute approximate surface area is 110 Å². The lowest BCUT2D eigenvalue weighted by Gasteiger charge is -2.28. The molecule has 1 saturated carbocycles. The number of nitrogens with zero attached hydrogens (tertiary/aromatic N) is 1. The number of ether oxygens (including phenoxy) is 1. The van der Waals surface area contributed by atoms with Gasteiger partial charge in [-0.15, -0.1) is 0 Å². The molecule has 1 aliphatic heterocycles. The van der Waals surface area contributed by atoms with Crippen molar-refractivity contribution in [3.05, 3.63) is 0 Å². The Kier molecular flexibility index (Phi) is 5.29. The molecular weight excluding hydrogens is 228 g/mol. The van der Waals surface area contributed by atoms with Crippen molar-refractivity contribution in [3.63, 3.8) is 0 Å². The van der Waals surface area contributed by atoms with Crippen molar-refractivity contribution in [1.29, 1.82) is 0 Å². The van der Waals surface area contributed by atoms with Crippen molar-refractivity contribution in [2.75, 3.05) is 26.2 Å². The maximum Gasteiger partial charge on any atom is 0.317 e. The van der Waals surface area contributed by atoms with Crippen LogP contribution in [0.4, 0.5) is 4.79 Å². The third kappa shape index (κ3) is 3.87. The minimum atomic E-state index is 0.0767. The van der Waals surface area contributed by atoms with Gasteiger partial charge in [0.2, 0.25) is 0 Å². The minimum Gasteiger partial charge on any atom is -0.376 e. The van der Waals surface area contributed by atoms with Crippen molar-refractivity contribution in [2.24, 2.45) is 5.92 Å². The van der Waals surface area contributed by atoms with E-state index in [0.29, 0.717) is 25.2 Å². The summed E-state index contributed by atoms with van der Waals surface area (Å²) in [6.45, 7) is 5.37. The molecule has 0 aromatic rings. The maximum absolute atomic E-state index is 11.7. The Morgan fingerprint density at radius 3 is 2.67 bits per heavy atom. The zero-order valence-corrected chi connectivity index (χ0v) is 11.5. The van der Waals surface area contributed by atoms with Crippen molar-refractivity contribution >= 4 is 6.03 Å². The first-order valence-electron chi connectivity index (χ1n) is 7.42. The summed E-state index contributed by atoms with van der Waals surface area (Å²) in [4.78, 5) is 13.6. The zero-order valence-electron chi connectivity index (χ0n) is 11.5. The van der Waals surface area contributed by atoms with Crippen LogP contribution in [0.25, 0.3) is 0 Å². The molecule has 0 aromatic heterocycles. The van der Waals surface area contributed by atoms with Gasteiger partial charge >= 0.3 is 6.03 Å². The molecule has 2 amide bonds. The predicted octanol–water partition coefficient (Wildman–Crippen LogP) is 2.39. The van der Waals surface area contributed by atoms with Gasteiger partial charge in [0.05, 0.1) is 12.7 Å². The molecule has 2 atom stereocenters. The SMILES string of the molecule is C[C@H]1CCCC[C@H]1OCCNC(=O)N1CCCC1. The molecule has 2 rings (SSSR count). The molecule has 4 nitrogen and oxygen atoms in total. The molecule has 1 heterocycles. The van der Waals surface area contributed by atoms with E-state index in [1.54, 1.807) is 0 Å². The minimum absolute atomic E-state index is 0.0767. The molecule has 104 valence electrons. The predicted molar refractivity (Wildman–Crippen MR) is 71.6 cm³/mol. The Morgan fingerprint density at radius 2 is 1.94 bits per heavy atom. The summed E-state index contributed by atoms with van der Waals surface area (Å²) in [5.41, 5.74) is 0. The van der Waals surface area contributed by atoms with Crippen LogP contribution in [0.15, 0.2) is 0 Å². The highest BCUT2D eigenvalue weighted by Gasteiger charge is 2.22. The second-order valence-electron chi connectivity index (χ2n) is 5.60. The van der Waals surface area contributed by atoms with Crippen molar-refractivity contribution in [3.8, 4) is 0 Å². The number of carbonyl (C=O) groups excluding carboxylic acids is 1. The lowest BCUT2D eigenvalue weighted by molar-refractivity contribution is -0.00266. The molecular formula is C14H26N2O2. The number of nitrogens with one attached hydrogen (secondary N) is 1. The smallest absolute Gasteiger partial charge is 0.317 e. The third-order valence-corrected chi connectivity index (χ3v) is 4.14. The summed E-state index contributed by atoms with van der Waals surface area (Å²) in [6, 6.07) is 0.0767. The normalized spacial score (nSPS) is 28.4. The topological polar surface area (TPSA) is 41.6 Å². The fourth-order valence-electron chi connectivity index (χ4n) is 2.93. The van der Waals surface area contributed by atoms with Gasteiger partial charge in [0, 0.05) is 19.6 Å². The van der Waals surface area contributed by atoms with Gasteiger partial charge in [0.1, 0.15) is 0 Å². The van der Waals surface area contributed by atoms with E-state index in [0.717, 1.165) is 25.9 Å². The van der Waals surface area contributed by atoms with E-state index >= 15 is 0 Å². The molecule has 1 N–H and O–H groups in total. The van der Waals surface area contributed by atoms with E-state index in [1.807, 2.05) is 4.90 Å². The first-order valence-corrected chi connectivity index (χ1v) is 7.42. The van der Waals surface area contributed by atoms with Crippen LogP contribution in [0.2, 0.25) is 0 Å². The van der Waals surface area contributed by atoms with E-state index in [-0.39, 0.29) is 6.03 Å². The van der Waals surface area contributed by atoms with Crippen LogP contribution < -0.4 is 5.32 Å². The van der Waals surface area contributed by atoms with Crippen LogP contribution in [-0.4, -0.2) is 43.3 Å². The molecule has 0 unspecified atom stereocenters. The van der Waals surface area contributed by atoms with Crippen molar-refractivity contribution in [2.45, 2.75) is 51.6 Å². The lowest BCUT2D eigenvalue weighted by Crippen LogP contribution is -2.40. The number of amides is 2. The van der Waals surface area contributed by atoms with Crippen molar-refractivity contribution in [1.82, 2.24) is 10.2 Å². The van der Waals surface area contributed by atoms with E-state index in [2.05, 4.69) is 12.2 Å². The highest BCUT2D eigenvalue weighted by Crippen LogP contribution is 2.25. The zero-order chi connectivity index (χ0) is 12.8. The monoisotopic (exact) mass is 254 g/mol. The average Bonchev–Trinajstić information content (AvgIpc) is 2.90. The Balaban J connectivity index is 1.56. The standard InChI is InChI=1S/C14H26N2O2/c1-12-6-2-3-7-13(12)18-11-8-15-14(17)16-9-4-5-10-16/h12-13H,2-11H2,1H3,(H,15,17)/t12-,13+/m0/s1. The molecule has 2 fully saturated rings. The van der Waals surface area contributed by atoms with Crippen LogP contribution in [-0.2, 0) is 4.74 Å². The molecule has 2 aliphatic rings. The number of carbonyl (C=O) groups is 1. The van der Waals surface area contributed by atoms with Gasteiger partial charge < -0.3 is 15.0 Å². The average molecular weight is 254 g/mol. The summed E-state index contributed by atoms with van der Waals surface area (Å²) in [7, 11) is 0. The van der Waals surface area contributed by atoms with Gasteiger partial charge in [-0.1, -0.05) is 19.8 Å². The largest absolute Gasteiger partial charge is 0.376 e.